The Kier molecular flexibility index (Phi) is 7.35. The van der Waals surface area contributed by atoms with E-state index in [0.717, 1.165) is 36.6 Å². The SMILES string of the molecule is CCNC(=NCc1ccc(S(=O)(=O)N(C)C)cc1)NCCc1c[nH]c2cc(C)ccc12. The Morgan fingerprint density at radius 2 is 1.84 bits per heavy atom. The van der Waals surface area contributed by atoms with Crippen LogP contribution in [0.4, 0.5) is 0 Å². The van der Waals surface area contributed by atoms with E-state index in [4.69, 9.17) is 0 Å². The molecule has 0 saturated carbocycles. The van der Waals surface area contributed by atoms with Gasteiger partial charge in [-0.3, -0.25) is 0 Å². The van der Waals surface area contributed by atoms with Crippen LogP contribution in [0.5, 0.6) is 0 Å². The van der Waals surface area contributed by atoms with Gasteiger partial charge >= 0.3 is 0 Å². The van der Waals surface area contributed by atoms with E-state index in [2.05, 4.69) is 51.9 Å². The minimum absolute atomic E-state index is 0.282. The van der Waals surface area contributed by atoms with E-state index in [0.29, 0.717) is 6.54 Å². The fraction of sp³-hybridized carbons (Fsp3) is 0.348. The summed E-state index contributed by atoms with van der Waals surface area (Å²) in [5.74, 6) is 0.739. The third kappa shape index (κ3) is 5.65. The maximum atomic E-state index is 12.2. The van der Waals surface area contributed by atoms with E-state index in [9.17, 15) is 8.42 Å². The van der Waals surface area contributed by atoms with Gasteiger partial charge in [0.05, 0.1) is 11.4 Å². The van der Waals surface area contributed by atoms with Gasteiger partial charge in [0.1, 0.15) is 0 Å². The molecule has 7 nitrogen and oxygen atoms in total. The van der Waals surface area contributed by atoms with Crippen molar-refractivity contribution in [3.63, 3.8) is 0 Å². The highest BCUT2D eigenvalue weighted by Gasteiger charge is 2.16. The van der Waals surface area contributed by atoms with Gasteiger partial charge in [-0.1, -0.05) is 24.3 Å². The molecule has 0 fully saturated rings. The summed E-state index contributed by atoms with van der Waals surface area (Å²) in [6.45, 7) is 6.10. The van der Waals surface area contributed by atoms with E-state index >= 15 is 0 Å². The number of benzene rings is 2. The normalized spacial score (nSPS) is 12.5. The monoisotopic (exact) mass is 441 g/mol. The molecule has 8 heteroatoms. The molecule has 1 aromatic heterocycles. The fourth-order valence-corrected chi connectivity index (χ4v) is 4.21. The van der Waals surface area contributed by atoms with Crippen LogP contribution >= 0.6 is 0 Å². The number of sulfonamides is 1. The van der Waals surface area contributed by atoms with E-state index < -0.39 is 10.0 Å². The number of nitrogens with zero attached hydrogens (tertiary/aromatic N) is 2. The van der Waals surface area contributed by atoms with Crippen LogP contribution in [0.3, 0.4) is 0 Å². The lowest BCUT2D eigenvalue weighted by atomic mass is 10.1. The molecule has 0 aliphatic rings. The van der Waals surface area contributed by atoms with Crippen molar-refractivity contribution in [2.45, 2.75) is 31.7 Å². The first kappa shape index (κ1) is 22.8. The molecule has 1 heterocycles. The van der Waals surface area contributed by atoms with Crippen LogP contribution < -0.4 is 10.6 Å². The topological polar surface area (TPSA) is 89.6 Å². The lowest BCUT2D eigenvalue weighted by Gasteiger charge is -2.12. The van der Waals surface area contributed by atoms with Crippen LogP contribution in [-0.2, 0) is 23.0 Å². The zero-order valence-electron chi connectivity index (χ0n) is 18.6. The minimum Gasteiger partial charge on any atom is -0.361 e. The molecule has 0 atom stereocenters. The molecule has 31 heavy (non-hydrogen) atoms. The molecule has 2 aromatic carbocycles. The molecule has 0 saturated heterocycles. The van der Waals surface area contributed by atoms with Gasteiger partial charge in [-0.25, -0.2) is 17.7 Å². The molecule has 0 radical (unpaired) electrons. The summed E-state index contributed by atoms with van der Waals surface area (Å²) in [6, 6.07) is 13.3. The lowest BCUT2D eigenvalue weighted by Crippen LogP contribution is -2.38. The largest absolute Gasteiger partial charge is 0.361 e. The number of aliphatic imine (C=N–C) groups is 1. The predicted molar refractivity (Wildman–Crippen MR) is 127 cm³/mol. The molecule has 0 amide bonds. The van der Waals surface area contributed by atoms with Crippen molar-refractivity contribution < 1.29 is 8.42 Å². The lowest BCUT2D eigenvalue weighted by molar-refractivity contribution is 0.520. The average Bonchev–Trinajstić information content (AvgIpc) is 3.14. The number of H-pyrrole nitrogens is 1. The van der Waals surface area contributed by atoms with Crippen molar-refractivity contribution in [3.05, 3.63) is 65.4 Å². The highest BCUT2D eigenvalue weighted by molar-refractivity contribution is 7.89. The van der Waals surface area contributed by atoms with Crippen molar-refractivity contribution in [2.24, 2.45) is 4.99 Å². The van der Waals surface area contributed by atoms with Crippen LogP contribution in [0.25, 0.3) is 10.9 Å². The van der Waals surface area contributed by atoms with Crippen molar-refractivity contribution in [1.82, 2.24) is 19.9 Å². The zero-order chi connectivity index (χ0) is 22.4. The number of hydrogen-bond donors (Lipinski definition) is 3. The maximum absolute atomic E-state index is 12.2. The van der Waals surface area contributed by atoms with Gasteiger partial charge in [-0.15, -0.1) is 0 Å². The van der Waals surface area contributed by atoms with Gasteiger partial charge in [0.15, 0.2) is 5.96 Å². The number of aryl methyl sites for hydroxylation is 1. The van der Waals surface area contributed by atoms with E-state index in [1.165, 1.54) is 34.9 Å². The highest BCUT2D eigenvalue weighted by Crippen LogP contribution is 2.19. The van der Waals surface area contributed by atoms with Gasteiger partial charge in [0.2, 0.25) is 10.0 Å². The first-order valence-electron chi connectivity index (χ1n) is 10.4. The molecule has 166 valence electrons. The Morgan fingerprint density at radius 3 is 2.52 bits per heavy atom. The quantitative estimate of drug-likeness (QED) is 0.370. The highest BCUT2D eigenvalue weighted by atomic mass is 32.2. The van der Waals surface area contributed by atoms with Gasteiger partial charge in [-0.05, 0) is 55.2 Å². The van der Waals surface area contributed by atoms with Crippen LogP contribution in [0.15, 0.2) is 58.5 Å². The van der Waals surface area contributed by atoms with Crippen LogP contribution in [0.1, 0.15) is 23.6 Å². The summed E-state index contributed by atoms with van der Waals surface area (Å²) < 4.78 is 25.6. The van der Waals surface area contributed by atoms with E-state index in [1.54, 1.807) is 24.3 Å². The van der Waals surface area contributed by atoms with Gasteiger partial charge in [0.25, 0.3) is 0 Å². The molecule has 0 aliphatic heterocycles. The summed E-state index contributed by atoms with van der Waals surface area (Å²) in [5.41, 5.74) is 4.63. The number of guanidine groups is 1. The number of aromatic amines is 1. The Bertz CT molecular complexity index is 1150. The molecular formula is C23H31N5O2S. The Balaban J connectivity index is 1.61. The molecular weight excluding hydrogens is 410 g/mol. The van der Waals surface area contributed by atoms with Crippen LogP contribution in [0.2, 0.25) is 0 Å². The third-order valence-corrected chi connectivity index (χ3v) is 6.90. The van der Waals surface area contributed by atoms with Crippen LogP contribution in [0, 0.1) is 6.92 Å². The van der Waals surface area contributed by atoms with Crippen molar-refractivity contribution in [3.8, 4) is 0 Å². The maximum Gasteiger partial charge on any atom is 0.242 e. The Hall–Kier alpha value is -2.84. The second-order valence-corrected chi connectivity index (χ2v) is 9.82. The molecule has 3 rings (SSSR count). The summed E-state index contributed by atoms with van der Waals surface area (Å²) in [6.07, 6.45) is 2.95. The second kappa shape index (κ2) is 9.98. The standard InChI is InChI=1S/C23H31N5O2S/c1-5-24-23(25-13-12-19-16-26-22-14-17(2)6-11-21(19)22)27-15-18-7-9-20(10-8-18)31(29,30)28(3)4/h6-11,14,16,26H,5,12-13,15H2,1-4H3,(H2,24,25,27). The predicted octanol–water partition coefficient (Wildman–Crippen LogP) is 3.02. The smallest absolute Gasteiger partial charge is 0.242 e. The third-order valence-electron chi connectivity index (χ3n) is 5.08. The van der Waals surface area contributed by atoms with Crippen molar-refractivity contribution >= 4 is 26.9 Å². The summed E-state index contributed by atoms with van der Waals surface area (Å²) in [4.78, 5) is 8.25. The minimum atomic E-state index is -3.42. The van der Waals surface area contributed by atoms with Gasteiger partial charge in [-0.2, -0.15) is 0 Å². The zero-order valence-corrected chi connectivity index (χ0v) is 19.4. The molecule has 0 spiro atoms. The van der Waals surface area contributed by atoms with E-state index in [1.807, 2.05) is 6.92 Å². The Labute approximate surface area is 184 Å². The number of fused-ring (bicyclic) bond motifs is 1. The molecule has 0 bridgehead atoms. The van der Waals surface area contributed by atoms with Crippen molar-refractivity contribution in [1.29, 1.82) is 0 Å². The Morgan fingerprint density at radius 1 is 1.10 bits per heavy atom. The second-order valence-electron chi connectivity index (χ2n) is 7.67. The van der Waals surface area contributed by atoms with Gasteiger partial charge in [0, 0.05) is 44.3 Å². The molecule has 3 N–H and O–H groups in total. The van der Waals surface area contributed by atoms with Gasteiger partial charge < -0.3 is 15.6 Å². The van der Waals surface area contributed by atoms with Crippen LogP contribution in [-0.4, -0.2) is 50.9 Å². The summed E-state index contributed by atoms with van der Waals surface area (Å²) >= 11 is 0. The molecule has 3 aromatic rings. The molecule has 0 unspecified atom stereocenters. The summed E-state index contributed by atoms with van der Waals surface area (Å²) in [7, 11) is -0.361. The number of hydrogen-bond acceptors (Lipinski definition) is 3. The summed E-state index contributed by atoms with van der Waals surface area (Å²) in [5, 5.41) is 7.89. The average molecular weight is 442 g/mol. The number of aromatic nitrogens is 1. The first-order valence-corrected chi connectivity index (χ1v) is 11.9. The number of nitrogens with one attached hydrogen (secondary N) is 3. The van der Waals surface area contributed by atoms with E-state index in [-0.39, 0.29) is 4.90 Å². The molecule has 0 aliphatic carbocycles. The first-order chi connectivity index (χ1) is 14.8. The van der Waals surface area contributed by atoms with Crippen molar-refractivity contribution in [2.75, 3.05) is 27.2 Å². The fourth-order valence-electron chi connectivity index (χ4n) is 3.31. The number of rotatable bonds is 8.